The molecule has 0 saturated heterocycles. The Morgan fingerprint density at radius 3 is 2.73 bits per heavy atom. The molecule has 0 amide bonds. The number of ketones is 1. The molecule has 0 N–H and O–H groups in total. The molecule has 15 heavy (non-hydrogen) atoms. The second-order valence-corrected chi connectivity index (χ2v) is 4.40. The lowest BCUT2D eigenvalue weighted by Crippen LogP contribution is -2.07. The standard InChI is InChI=1S/C11H8F2OS/c1-6-2-3-8-7(4-6)5-9(15-8)10(14)11(12)13/h2-5,11H,1H3. The molecule has 0 aliphatic heterocycles. The molecule has 1 aromatic carbocycles. The van der Waals surface area contributed by atoms with Gasteiger partial charge in [0.15, 0.2) is 0 Å². The Balaban J connectivity index is 2.52. The van der Waals surface area contributed by atoms with Gasteiger partial charge in [-0.15, -0.1) is 11.3 Å². The van der Waals surface area contributed by atoms with Crippen molar-refractivity contribution in [3.8, 4) is 0 Å². The first-order chi connectivity index (χ1) is 7.08. The molecule has 1 heterocycles. The van der Waals surface area contributed by atoms with E-state index in [-0.39, 0.29) is 4.88 Å². The van der Waals surface area contributed by atoms with Gasteiger partial charge in [-0.1, -0.05) is 17.7 Å². The van der Waals surface area contributed by atoms with E-state index in [2.05, 4.69) is 0 Å². The van der Waals surface area contributed by atoms with Crippen LogP contribution < -0.4 is 0 Å². The number of fused-ring (bicyclic) bond motifs is 1. The second kappa shape index (κ2) is 3.70. The lowest BCUT2D eigenvalue weighted by atomic mass is 10.2. The summed E-state index contributed by atoms with van der Waals surface area (Å²) >= 11 is 1.11. The van der Waals surface area contributed by atoms with E-state index in [9.17, 15) is 13.6 Å². The summed E-state index contributed by atoms with van der Waals surface area (Å²) in [5.41, 5.74) is 1.05. The minimum absolute atomic E-state index is 0.130. The van der Waals surface area contributed by atoms with Crippen LogP contribution in [0, 0.1) is 6.92 Å². The van der Waals surface area contributed by atoms with Crippen molar-refractivity contribution in [1.29, 1.82) is 0 Å². The fraction of sp³-hybridized carbons (Fsp3) is 0.182. The molecule has 0 fully saturated rings. The highest BCUT2D eigenvalue weighted by Gasteiger charge is 2.19. The first-order valence-electron chi connectivity index (χ1n) is 4.40. The van der Waals surface area contributed by atoms with E-state index < -0.39 is 12.2 Å². The van der Waals surface area contributed by atoms with Gasteiger partial charge in [-0.25, -0.2) is 8.78 Å². The molecular weight excluding hydrogens is 218 g/mol. The van der Waals surface area contributed by atoms with E-state index in [1.54, 1.807) is 0 Å². The summed E-state index contributed by atoms with van der Waals surface area (Å²) in [5.74, 6) is -1.09. The largest absolute Gasteiger partial charge is 0.301 e. The maximum atomic E-state index is 12.2. The fourth-order valence-electron chi connectivity index (χ4n) is 1.39. The van der Waals surface area contributed by atoms with Crippen molar-refractivity contribution in [3.63, 3.8) is 0 Å². The third-order valence-electron chi connectivity index (χ3n) is 2.11. The molecule has 1 nitrogen and oxygen atoms in total. The highest BCUT2D eigenvalue weighted by molar-refractivity contribution is 7.20. The Morgan fingerprint density at radius 2 is 2.07 bits per heavy atom. The van der Waals surface area contributed by atoms with Gasteiger partial charge in [-0.3, -0.25) is 4.79 Å². The molecule has 0 radical (unpaired) electrons. The van der Waals surface area contributed by atoms with Crippen LogP contribution in [-0.2, 0) is 0 Å². The van der Waals surface area contributed by atoms with E-state index in [0.29, 0.717) is 0 Å². The van der Waals surface area contributed by atoms with Gasteiger partial charge in [0, 0.05) is 4.70 Å². The molecule has 0 atom stereocenters. The van der Waals surface area contributed by atoms with Crippen molar-refractivity contribution < 1.29 is 13.6 Å². The molecule has 2 rings (SSSR count). The Hall–Kier alpha value is -1.29. The molecule has 0 spiro atoms. The maximum absolute atomic E-state index is 12.2. The first kappa shape index (κ1) is 10.2. The maximum Gasteiger partial charge on any atom is 0.301 e. The molecule has 0 aliphatic rings. The molecule has 78 valence electrons. The number of thiophene rings is 1. The van der Waals surface area contributed by atoms with Crippen LogP contribution in [0.3, 0.4) is 0 Å². The molecule has 1 aromatic heterocycles. The Kier molecular flexibility index (Phi) is 2.52. The van der Waals surface area contributed by atoms with Crippen molar-refractivity contribution in [2.75, 3.05) is 0 Å². The van der Waals surface area contributed by atoms with Crippen molar-refractivity contribution >= 4 is 27.2 Å². The number of benzene rings is 1. The highest BCUT2D eigenvalue weighted by Crippen LogP contribution is 2.27. The van der Waals surface area contributed by atoms with Gasteiger partial charge in [0.25, 0.3) is 0 Å². The van der Waals surface area contributed by atoms with Gasteiger partial charge in [0.05, 0.1) is 4.88 Å². The summed E-state index contributed by atoms with van der Waals surface area (Å²) in [5, 5.41) is 0.851. The molecule has 4 heteroatoms. The lowest BCUT2D eigenvalue weighted by Gasteiger charge is -1.91. The molecule has 0 unspecified atom stereocenters. The van der Waals surface area contributed by atoms with Crippen molar-refractivity contribution in [3.05, 3.63) is 34.7 Å². The zero-order chi connectivity index (χ0) is 11.0. The van der Waals surface area contributed by atoms with Crippen LogP contribution >= 0.6 is 11.3 Å². The third kappa shape index (κ3) is 1.90. The molecule has 0 saturated carbocycles. The second-order valence-electron chi connectivity index (χ2n) is 3.32. The number of rotatable bonds is 2. The van der Waals surface area contributed by atoms with E-state index >= 15 is 0 Å². The molecular formula is C11H8F2OS. The quantitative estimate of drug-likeness (QED) is 0.714. The number of carbonyl (C=O) groups excluding carboxylic acids is 1. The van der Waals surface area contributed by atoms with Crippen molar-refractivity contribution in [2.24, 2.45) is 0 Å². The van der Waals surface area contributed by atoms with Crippen LogP contribution in [0.1, 0.15) is 15.2 Å². The van der Waals surface area contributed by atoms with Gasteiger partial charge in [0.2, 0.25) is 5.78 Å². The van der Waals surface area contributed by atoms with Crippen LogP contribution in [0.4, 0.5) is 8.78 Å². The molecule has 0 bridgehead atoms. The number of halogens is 2. The predicted molar refractivity (Wildman–Crippen MR) is 56.9 cm³/mol. The zero-order valence-corrected chi connectivity index (χ0v) is 8.78. The monoisotopic (exact) mass is 226 g/mol. The molecule has 2 aromatic rings. The van der Waals surface area contributed by atoms with Crippen LogP contribution in [0.25, 0.3) is 10.1 Å². The summed E-state index contributed by atoms with van der Waals surface area (Å²) in [6, 6.07) is 7.16. The van der Waals surface area contributed by atoms with Crippen LogP contribution in [0.15, 0.2) is 24.3 Å². The Morgan fingerprint density at radius 1 is 1.33 bits per heavy atom. The van der Waals surface area contributed by atoms with E-state index in [0.717, 1.165) is 27.0 Å². The van der Waals surface area contributed by atoms with Crippen LogP contribution in [-0.4, -0.2) is 12.2 Å². The van der Waals surface area contributed by atoms with Crippen molar-refractivity contribution in [2.45, 2.75) is 13.3 Å². The van der Waals surface area contributed by atoms with E-state index in [4.69, 9.17) is 0 Å². The number of hydrogen-bond donors (Lipinski definition) is 0. The van der Waals surface area contributed by atoms with Gasteiger partial charge in [-0.2, -0.15) is 0 Å². The summed E-state index contributed by atoms with van der Waals surface area (Å²) < 4.78 is 25.2. The SMILES string of the molecule is Cc1ccc2sc(C(=O)C(F)F)cc2c1. The summed E-state index contributed by atoms with van der Waals surface area (Å²) in [7, 11) is 0. The number of carbonyl (C=O) groups is 1. The normalized spacial score (nSPS) is 11.2. The smallest absolute Gasteiger partial charge is 0.287 e. The topological polar surface area (TPSA) is 17.1 Å². The number of hydrogen-bond acceptors (Lipinski definition) is 2. The van der Waals surface area contributed by atoms with Gasteiger partial charge >= 0.3 is 6.43 Å². The Bertz CT molecular complexity index is 516. The minimum atomic E-state index is -2.92. The zero-order valence-electron chi connectivity index (χ0n) is 7.96. The summed E-state index contributed by atoms with van der Waals surface area (Å²) in [6.45, 7) is 1.92. The lowest BCUT2D eigenvalue weighted by molar-refractivity contribution is 0.0683. The minimum Gasteiger partial charge on any atom is -0.287 e. The summed E-state index contributed by atoms with van der Waals surface area (Å²) in [6.07, 6.45) is -2.92. The third-order valence-corrected chi connectivity index (χ3v) is 3.24. The fourth-order valence-corrected chi connectivity index (χ4v) is 2.38. The summed E-state index contributed by atoms with van der Waals surface area (Å²) in [4.78, 5) is 11.2. The number of alkyl halides is 2. The van der Waals surface area contributed by atoms with Crippen molar-refractivity contribution in [1.82, 2.24) is 0 Å². The van der Waals surface area contributed by atoms with E-state index in [1.165, 1.54) is 6.07 Å². The highest BCUT2D eigenvalue weighted by atomic mass is 32.1. The molecule has 0 aliphatic carbocycles. The predicted octanol–water partition coefficient (Wildman–Crippen LogP) is 3.66. The number of Topliss-reactive ketones (excluding diaryl/α,β-unsaturated/α-hetero) is 1. The average Bonchev–Trinajstić information content (AvgIpc) is 2.58. The van der Waals surface area contributed by atoms with E-state index in [1.807, 2.05) is 25.1 Å². The first-order valence-corrected chi connectivity index (χ1v) is 5.22. The van der Waals surface area contributed by atoms with Gasteiger partial charge < -0.3 is 0 Å². The van der Waals surface area contributed by atoms with Crippen LogP contribution in [0.5, 0.6) is 0 Å². The average molecular weight is 226 g/mol. The van der Waals surface area contributed by atoms with Crippen LogP contribution in [0.2, 0.25) is 0 Å². The number of aryl methyl sites for hydroxylation is 1. The van der Waals surface area contributed by atoms with Gasteiger partial charge in [-0.05, 0) is 24.4 Å². The Labute approximate surface area is 89.3 Å². The van der Waals surface area contributed by atoms with Gasteiger partial charge in [0.1, 0.15) is 0 Å².